The van der Waals surface area contributed by atoms with Crippen molar-refractivity contribution in [2.24, 2.45) is 0 Å². The van der Waals surface area contributed by atoms with E-state index in [1.807, 2.05) is 6.92 Å². The van der Waals surface area contributed by atoms with Gasteiger partial charge in [-0.05, 0) is 18.6 Å². The monoisotopic (exact) mass is 233 g/mol. The summed E-state index contributed by atoms with van der Waals surface area (Å²) in [6.45, 7) is 2.99. The smallest absolute Gasteiger partial charge is 0.254 e. The summed E-state index contributed by atoms with van der Waals surface area (Å²) in [5, 5.41) is 2.77. The zero-order valence-corrected chi connectivity index (χ0v) is 9.72. The Morgan fingerprint density at radius 2 is 2.24 bits per heavy atom. The predicted octanol–water partition coefficient (Wildman–Crippen LogP) is 0.432. The Morgan fingerprint density at radius 3 is 2.88 bits per heavy atom. The van der Waals surface area contributed by atoms with Gasteiger partial charge in [-0.2, -0.15) is 0 Å². The van der Waals surface area contributed by atoms with Crippen LogP contribution in [0.25, 0.3) is 0 Å². The Kier molecular flexibility index (Phi) is 3.37. The third-order valence-electron chi connectivity index (χ3n) is 2.91. The van der Waals surface area contributed by atoms with Crippen molar-refractivity contribution in [2.45, 2.75) is 19.4 Å². The maximum absolute atomic E-state index is 12.2. The van der Waals surface area contributed by atoms with Gasteiger partial charge in [0.05, 0.1) is 0 Å². The number of nitrogens with zero attached hydrogens (tertiary/aromatic N) is 2. The van der Waals surface area contributed by atoms with E-state index >= 15 is 0 Å². The van der Waals surface area contributed by atoms with Crippen molar-refractivity contribution in [2.75, 3.05) is 13.1 Å². The van der Waals surface area contributed by atoms with Crippen molar-refractivity contribution in [3.63, 3.8) is 0 Å². The van der Waals surface area contributed by atoms with Crippen molar-refractivity contribution < 1.29 is 9.59 Å². The highest BCUT2D eigenvalue weighted by Crippen LogP contribution is 2.12. The molecule has 1 aliphatic heterocycles. The molecule has 0 aliphatic carbocycles. The summed E-state index contributed by atoms with van der Waals surface area (Å²) in [6.07, 6.45) is 3.79. The molecule has 1 saturated heterocycles. The van der Waals surface area contributed by atoms with Gasteiger partial charge < -0.3 is 10.2 Å². The first-order valence-corrected chi connectivity index (χ1v) is 5.72. The van der Waals surface area contributed by atoms with Crippen LogP contribution in [0.15, 0.2) is 24.5 Å². The lowest BCUT2D eigenvalue weighted by Gasteiger charge is -2.34. The number of nitrogens with one attached hydrogen (secondary N) is 1. The minimum Gasteiger partial charge on any atom is -0.353 e. The number of amides is 2. The molecular weight excluding hydrogens is 218 g/mol. The first-order chi connectivity index (χ1) is 8.24. The lowest BCUT2D eigenvalue weighted by atomic mass is 10.1. The van der Waals surface area contributed by atoms with Gasteiger partial charge in [-0.15, -0.1) is 0 Å². The Bertz CT molecular complexity index is 419. The second kappa shape index (κ2) is 4.95. The van der Waals surface area contributed by atoms with E-state index in [0.717, 1.165) is 0 Å². The minimum atomic E-state index is -0.357. The van der Waals surface area contributed by atoms with Crippen LogP contribution >= 0.6 is 0 Å². The summed E-state index contributed by atoms with van der Waals surface area (Å²) in [5.74, 6) is -0.171. The van der Waals surface area contributed by atoms with E-state index in [9.17, 15) is 9.59 Å². The van der Waals surface area contributed by atoms with E-state index in [2.05, 4.69) is 10.3 Å². The lowest BCUT2D eigenvalue weighted by molar-refractivity contribution is -0.127. The molecule has 1 aromatic rings. The van der Waals surface area contributed by atoms with E-state index in [1.165, 1.54) is 0 Å². The fraction of sp³-hybridized carbons (Fsp3) is 0.417. The lowest BCUT2D eigenvalue weighted by Crippen LogP contribution is -2.56. The van der Waals surface area contributed by atoms with Crippen molar-refractivity contribution >= 4 is 11.8 Å². The quantitative estimate of drug-likeness (QED) is 0.806. The molecule has 1 fully saturated rings. The molecule has 0 saturated carbocycles. The largest absolute Gasteiger partial charge is 0.353 e. The number of piperazine rings is 1. The Balaban J connectivity index is 2.21. The van der Waals surface area contributed by atoms with Crippen molar-refractivity contribution in [1.29, 1.82) is 0 Å². The predicted molar refractivity (Wildman–Crippen MR) is 62.4 cm³/mol. The van der Waals surface area contributed by atoms with Gasteiger partial charge >= 0.3 is 0 Å². The van der Waals surface area contributed by atoms with E-state index in [1.54, 1.807) is 29.4 Å². The first-order valence-electron chi connectivity index (χ1n) is 5.72. The standard InChI is InChI=1S/C12H15N3O2/c1-2-10-11(16)14-7-8-15(10)12(17)9-3-5-13-6-4-9/h3-6,10H,2,7-8H2,1H3,(H,14,16). The fourth-order valence-corrected chi connectivity index (χ4v) is 2.02. The van der Waals surface area contributed by atoms with Crippen LogP contribution < -0.4 is 5.32 Å². The van der Waals surface area contributed by atoms with Crippen molar-refractivity contribution in [1.82, 2.24) is 15.2 Å². The summed E-state index contributed by atoms with van der Waals surface area (Å²) in [4.78, 5) is 29.4. The number of carbonyl (C=O) groups is 2. The summed E-state index contributed by atoms with van der Waals surface area (Å²) >= 11 is 0. The maximum atomic E-state index is 12.2. The molecule has 90 valence electrons. The van der Waals surface area contributed by atoms with Crippen LogP contribution in [0.3, 0.4) is 0 Å². The molecule has 0 bridgehead atoms. The number of rotatable bonds is 2. The molecule has 0 radical (unpaired) electrons. The molecule has 1 aliphatic rings. The van der Waals surface area contributed by atoms with E-state index < -0.39 is 0 Å². The molecule has 1 N–H and O–H groups in total. The van der Waals surface area contributed by atoms with Crippen LogP contribution in [0.1, 0.15) is 23.7 Å². The second-order valence-electron chi connectivity index (χ2n) is 3.95. The van der Waals surface area contributed by atoms with Gasteiger partial charge in [-0.1, -0.05) is 6.92 Å². The third-order valence-corrected chi connectivity index (χ3v) is 2.91. The van der Waals surface area contributed by atoms with Crippen molar-refractivity contribution in [3.05, 3.63) is 30.1 Å². The van der Waals surface area contributed by atoms with Gasteiger partial charge in [0.2, 0.25) is 5.91 Å². The average Bonchev–Trinajstić information content (AvgIpc) is 2.38. The zero-order valence-electron chi connectivity index (χ0n) is 9.72. The van der Waals surface area contributed by atoms with Gasteiger partial charge in [0.15, 0.2) is 0 Å². The van der Waals surface area contributed by atoms with Crippen LogP contribution in [0.4, 0.5) is 0 Å². The normalized spacial score (nSPS) is 19.9. The molecule has 2 amide bonds. The Morgan fingerprint density at radius 1 is 1.53 bits per heavy atom. The average molecular weight is 233 g/mol. The van der Waals surface area contributed by atoms with Gasteiger partial charge in [0.1, 0.15) is 6.04 Å². The summed E-state index contributed by atoms with van der Waals surface area (Å²) in [6, 6.07) is 2.98. The molecule has 1 atom stereocenters. The Hall–Kier alpha value is -1.91. The second-order valence-corrected chi connectivity index (χ2v) is 3.95. The Labute approximate surface area is 99.8 Å². The molecule has 1 unspecified atom stereocenters. The molecule has 0 spiro atoms. The summed E-state index contributed by atoms with van der Waals surface area (Å²) in [7, 11) is 0. The molecule has 1 aromatic heterocycles. The molecular formula is C12H15N3O2. The topological polar surface area (TPSA) is 62.3 Å². The maximum Gasteiger partial charge on any atom is 0.254 e. The van der Waals surface area contributed by atoms with Crippen molar-refractivity contribution in [3.8, 4) is 0 Å². The third kappa shape index (κ3) is 2.27. The highest BCUT2D eigenvalue weighted by atomic mass is 16.2. The molecule has 17 heavy (non-hydrogen) atoms. The van der Waals surface area contributed by atoms with Gasteiger partial charge in [-0.3, -0.25) is 14.6 Å². The highest BCUT2D eigenvalue weighted by molar-refractivity contribution is 5.98. The number of pyridine rings is 1. The van der Waals surface area contributed by atoms with E-state index in [-0.39, 0.29) is 17.9 Å². The number of hydrogen-bond acceptors (Lipinski definition) is 3. The van der Waals surface area contributed by atoms with Crippen LogP contribution in [0.5, 0.6) is 0 Å². The first kappa shape index (κ1) is 11.6. The van der Waals surface area contributed by atoms with Gasteiger partial charge in [0, 0.05) is 31.0 Å². The number of carbonyl (C=O) groups excluding carboxylic acids is 2. The minimum absolute atomic E-state index is 0.0684. The van der Waals surface area contributed by atoms with E-state index in [4.69, 9.17) is 0 Å². The van der Waals surface area contributed by atoms with Gasteiger partial charge in [-0.25, -0.2) is 0 Å². The van der Waals surface area contributed by atoms with Crippen LogP contribution in [0.2, 0.25) is 0 Å². The molecule has 2 rings (SSSR count). The fourth-order valence-electron chi connectivity index (χ4n) is 2.02. The summed E-state index contributed by atoms with van der Waals surface area (Å²) < 4.78 is 0. The van der Waals surface area contributed by atoms with E-state index in [0.29, 0.717) is 25.1 Å². The van der Waals surface area contributed by atoms with Crippen LogP contribution in [-0.2, 0) is 4.79 Å². The van der Waals surface area contributed by atoms with Gasteiger partial charge in [0.25, 0.3) is 5.91 Å². The zero-order chi connectivity index (χ0) is 12.3. The SMILES string of the molecule is CCC1C(=O)NCCN1C(=O)c1ccncc1. The van der Waals surface area contributed by atoms with Crippen LogP contribution in [-0.4, -0.2) is 40.8 Å². The molecule has 5 nitrogen and oxygen atoms in total. The molecule has 2 heterocycles. The van der Waals surface area contributed by atoms with Crippen LogP contribution in [0, 0.1) is 0 Å². The summed E-state index contributed by atoms with van der Waals surface area (Å²) in [5.41, 5.74) is 0.577. The molecule has 5 heteroatoms. The number of hydrogen-bond donors (Lipinski definition) is 1. The highest BCUT2D eigenvalue weighted by Gasteiger charge is 2.31. The number of aromatic nitrogens is 1. The molecule has 0 aromatic carbocycles.